The summed E-state index contributed by atoms with van der Waals surface area (Å²) in [5.41, 5.74) is 5.20. The number of nitrogens with one attached hydrogen (secondary N) is 1. The van der Waals surface area contributed by atoms with Gasteiger partial charge in [0.25, 0.3) is 0 Å². The molecule has 2 rings (SSSR count). The van der Waals surface area contributed by atoms with Crippen molar-refractivity contribution in [3.05, 3.63) is 35.9 Å². The van der Waals surface area contributed by atoms with E-state index in [4.69, 9.17) is 0 Å². The standard InChI is InChI=1S/C11H13N/c1-8(2)9-4-3-5-11-10(9)6-7-12-11/h3-5,12H,1,6-7H2,2H3. The van der Waals surface area contributed by atoms with Crippen LogP contribution in [0.15, 0.2) is 24.8 Å². The monoisotopic (exact) mass is 159 g/mol. The molecule has 1 aliphatic rings. The lowest BCUT2D eigenvalue weighted by molar-refractivity contribution is 1.10. The van der Waals surface area contributed by atoms with Crippen molar-refractivity contribution in [3.8, 4) is 0 Å². The third kappa shape index (κ3) is 1.02. The van der Waals surface area contributed by atoms with Gasteiger partial charge in [0, 0.05) is 12.2 Å². The lowest BCUT2D eigenvalue weighted by Crippen LogP contribution is -1.90. The molecule has 0 amide bonds. The number of anilines is 1. The predicted molar refractivity (Wildman–Crippen MR) is 53.3 cm³/mol. The van der Waals surface area contributed by atoms with Crippen molar-refractivity contribution < 1.29 is 0 Å². The van der Waals surface area contributed by atoms with E-state index in [0.717, 1.165) is 18.5 Å². The van der Waals surface area contributed by atoms with E-state index >= 15 is 0 Å². The summed E-state index contributed by atoms with van der Waals surface area (Å²) in [6.45, 7) is 7.11. The summed E-state index contributed by atoms with van der Waals surface area (Å²) in [4.78, 5) is 0. The highest BCUT2D eigenvalue weighted by molar-refractivity contribution is 5.72. The Kier molecular flexibility index (Phi) is 1.65. The second-order valence-electron chi connectivity index (χ2n) is 3.29. The molecule has 1 aromatic rings. The van der Waals surface area contributed by atoms with Gasteiger partial charge in [-0.2, -0.15) is 0 Å². The van der Waals surface area contributed by atoms with Crippen molar-refractivity contribution in [2.45, 2.75) is 13.3 Å². The second-order valence-corrected chi connectivity index (χ2v) is 3.29. The first-order chi connectivity index (χ1) is 5.79. The van der Waals surface area contributed by atoms with Crippen LogP contribution in [0.25, 0.3) is 5.57 Å². The van der Waals surface area contributed by atoms with Gasteiger partial charge in [0.05, 0.1) is 0 Å². The van der Waals surface area contributed by atoms with Crippen LogP contribution in [0.2, 0.25) is 0 Å². The van der Waals surface area contributed by atoms with Gasteiger partial charge < -0.3 is 5.32 Å². The van der Waals surface area contributed by atoms with Gasteiger partial charge in [0.15, 0.2) is 0 Å². The fraction of sp³-hybridized carbons (Fsp3) is 0.273. The molecule has 0 bridgehead atoms. The molecule has 0 atom stereocenters. The van der Waals surface area contributed by atoms with Gasteiger partial charge in [0.2, 0.25) is 0 Å². The number of fused-ring (bicyclic) bond motifs is 1. The first kappa shape index (κ1) is 7.41. The van der Waals surface area contributed by atoms with Crippen molar-refractivity contribution in [1.29, 1.82) is 0 Å². The van der Waals surface area contributed by atoms with Crippen molar-refractivity contribution in [2.75, 3.05) is 11.9 Å². The number of benzene rings is 1. The Morgan fingerprint density at radius 2 is 2.33 bits per heavy atom. The normalized spacial score (nSPS) is 13.8. The first-order valence-corrected chi connectivity index (χ1v) is 4.30. The molecular weight excluding hydrogens is 146 g/mol. The Hall–Kier alpha value is -1.24. The van der Waals surface area contributed by atoms with Gasteiger partial charge in [-0.15, -0.1) is 0 Å². The van der Waals surface area contributed by atoms with Crippen LogP contribution in [-0.2, 0) is 6.42 Å². The van der Waals surface area contributed by atoms with Gasteiger partial charge in [-0.3, -0.25) is 0 Å². The third-order valence-corrected chi connectivity index (χ3v) is 2.33. The van der Waals surface area contributed by atoms with Crippen LogP contribution < -0.4 is 5.32 Å². The molecule has 1 nitrogen and oxygen atoms in total. The molecule has 1 aromatic carbocycles. The van der Waals surface area contributed by atoms with Crippen LogP contribution in [-0.4, -0.2) is 6.54 Å². The average Bonchev–Trinajstić information content (AvgIpc) is 2.49. The van der Waals surface area contributed by atoms with E-state index in [1.807, 2.05) is 0 Å². The number of hydrogen-bond donors (Lipinski definition) is 1. The topological polar surface area (TPSA) is 12.0 Å². The van der Waals surface area contributed by atoms with Crippen molar-refractivity contribution in [1.82, 2.24) is 0 Å². The van der Waals surface area contributed by atoms with Gasteiger partial charge in [-0.1, -0.05) is 24.3 Å². The molecule has 0 aromatic heterocycles. The van der Waals surface area contributed by atoms with Gasteiger partial charge in [-0.25, -0.2) is 0 Å². The van der Waals surface area contributed by atoms with E-state index in [1.54, 1.807) is 0 Å². The maximum Gasteiger partial charge on any atom is 0.0379 e. The Morgan fingerprint density at radius 3 is 3.08 bits per heavy atom. The molecule has 0 aliphatic carbocycles. The van der Waals surface area contributed by atoms with E-state index in [2.05, 4.69) is 37.0 Å². The van der Waals surface area contributed by atoms with Crippen molar-refractivity contribution >= 4 is 11.3 Å². The van der Waals surface area contributed by atoms with Crippen LogP contribution in [0.5, 0.6) is 0 Å². The molecule has 0 spiro atoms. The summed E-state index contributed by atoms with van der Waals surface area (Å²) < 4.78 is 0. The Balaban J connectivity index is 2.56. The van der Waals surface area contributed by atoms with E-state index in [9.17, 15) is 0 Å². The zero-order chi connectivity index (χ0) is 8.55. The molecular formula is C11H13N. The Bertz CT molecular complexity index is 326. The quantitative estimate of drug-likeness (QED) is 0.664. The van der Waals surface area contributed by atoms with Gasteiger partial charge in [0.1, 0.15) is 0 Å². The minimum absolute atomic E-state index is 1.07. The fourth-order valence-corrected chi connectivity index (χ4v) is 1.74. The minimum atomic E-state index is 1.07. The fourth-order valence-electron chi connectivity index (χ4n) is 1.74. The first-order valence-electron chi connectivity index (χ1n) is 4.30. The van der Waals surface area contributed by atoms with E-state index in [0.29, 0.717) is 0 Å². The summed E-state index contributed by atoms with van der Waals surface area (Å²) in [5.74, 6) is 0. The minimum Gasteiger partial charge on any atom is -0.384 e. The van der Waals surface area contributed by atoms with E-state index in [1.165, 1.54) is 16.8 Å². The smallest absolute Gasteiger partial charge is 0.0379 e. The highest BCUT2D eigenvalue weighted by Gasteiger charge is 2.13. The summed E-state index contributed by atoms with van der Waals surface area (Å²) in [5, 5.41) is 3.35. The van der Waals surface area contributed by atoms with Crippen LogP contribution >= 0.6 is 0 Å². The van der Waals surface area contributed by atoms with E-state index < -0.39 is 0 Å². The van der Waals surface area contributed by atoms with Gasteiger partial charge >= 0.3 is 0 Å². The zero-order valence-corrected chi connectivity index (χ0v) is 7.35. The highest BCUT2D eigenvalue weighted by Crippen LogP contribution is 2.28. The number of hydrogen-bond acceptors (Lipinski definition) is 1. The van der Waals surface area contributed by atoms with Crippen LogP contribution in [0.4, 0.5) is 5.69 Å². The largest absolute Gasteiger partial charge is 0.384 e. The van der Waals surface area contributed by atoms with E-state index in [-0.39, 0.29) is 0 Å². The molecule has 12 heavy (non-hydrogen) atoms. The number of allylic oxidation sites excluding steroid dienone is 1. The molecule has 1 N–H and O–H groups in total. The molecule has 1 heteroatoms. The molecule has 0 saturated carbocycles. The lowest BCUT2D eigenvalue weighted by atomic mass is 10.0. The van der Waals surface area contributed by atoms with Crippen molar-refractivity contribution in [2.24, 2.45) is 0 Å². The maximum atomic E-state index is 3.98. The summed E-state index contributed by atoms with van der Waals surface area (Å²) in [6, 6.07) is 6.37. The van der Waals surface area contributed by atoms with Crippen LogP contribution in [0.3, 0.4) is 0 Å². The highest BCUT2D eigenvalue weighted by atomic mass is 14.9. The van der Waals surface area contributed by atoms with Crippen LogP contribution in [0.1, 0.15) is 18.1 Å². The average molecular weight is 159 g/mol. The molecule has 1 heterocycles. The maximum absolute atomic E-state index is 3.98. The molecule has 0 saturated heterocycles. The molecule has 0 radical (unpaired) electrons. The molecule has 1 aliphatic heterocycles. The molecule has 62 valence electrons. The molecule has 0 fully saturated rings. The third-order valence-electron chi connectivity index (χ3n) is 2.33. The summed E-state index contributed by atoms with van der Waals surface area (Å²) in [7, 11) is 0. The Morgan fingerprint density at radius 1 is 1.50 bits per heavy atom. The number of rotatable bonds is 1. The van der Waals surface area contributed by atoms with Gasteiger partial charge in [-0.05, 0) is 30.5 Å². The van der Waals surface area contributed by atoms with Crippen LogP contribution in [0, 0.1) is 0 Å². The Labute approximate surface area is 73.1 Å². The summed E-state index contributed by atoms with van der Waals surface area (Å²) >= 11 is 0. The summed E-state index contributed by atoms with van der Waals surface area (Å²) in [6.07, 6.45) is 1.14. The second kappa shape index (κ2) is 2.67. The lowest BCUT2D eigenvalue weighted by Gasteiger charge is -2.06. The zero-order valence-electron chi connectivity index (χ0n) is 7.35. The van der Waals surface area contributed by atoms with Crippen molar-refractivity contribution in [3.63, 3.8) is 0 Å². The molecule has 0 unspecified atom stereocenters. The SMILES string of the molecule is C=C(C)c1cccc2c1CCN2. The predicted octanol–water partition coefficient (Wildman–Crippen LogP) is 2.69.